The lowest BCUT2D eigenvalue weighted by atomic mass is 10.2. The topological polar surface area (TPSA) is 73.9 Å². The first kappa shape index (κ1) is 20.3. The Morgan fingerprint density at radius 2 is 1.67 bits per heavy atom. The Labute approximate surface area is 159 Å². The standard InChI is InChI=1S/C21H25NO5/c1-14(2)13-26-17-11-9-16(10-12-17)21(24)27-15(3)20(23)22-18-7-5-6-8-19(18)25-4/h5-12,14-15H,13H2,1-4H3,(H,22,23)/t15-/m1/s1. The number of ether oxygens (including phenoxy) is 3. The average Bonchev–Trinajstić information content (AvgIpc) is 2.67. The number of nitrogens with one attached hydrogen (secondary N) is 1. The van der Waals surface area contributed by atoms with E-state index >= 15 is 0 Å². The van der Waals surface area contributed by atoms with Gasteiger partial charge in [-0.2, -0.15) is 0 Å². The van der Waals surface area contributed by atoms with E-state index < -0.39 is 18.0 Å². The van der Waals surface area contributed by atoms with Crippen LogP contribution in [-0.4, -0.2) is 31.7 Å². The molecule has 0 aromatic heterocycles. The summed E-state index contributed by atoms with van der Waals surface area (Å²) in [6.45, 7) is 6.24. The van der Waals surface area contributed by atoms with Crippen molar-refractivity contribution < 1.29 is 23.8 Å². The summed E-state index contributed by atoms with van der Waals surface area (Å²) in [6, 6.07) is 13.7. The first-order chi connectivity index (χ1) is 12.9. The molecule has 0 saturated carbocycles. The van der Waals surface area contributed by atoms with Crippen molar-refractivity contribution in [2.45, 2.75) is 26.9 Å². The number of hydrogen-bond acceptors (Lipinski definition) is 5. The molecule has 0 unspecified atom stereocenters. The van der Waals surface area contributed by atoms with E-state index in [1.807, 2.05) is 0 Å². The molecule has 0 bridgehead atoms. The number of para-hydroxylation sites is 2. The van der Waals surface area contributed by atoms with Gasteiger partial charge in [0, 0.05) is 0 Å². The van der Waals surface area contributed by atoms with Gasteiger partial charge in [0.15, 0.2) is 6.10 Å². The largest absolute Gasteiger partial charge is 0.495 e. The van der Waals surface area contributed by atoms with Gasteiger partial charge in [0.05, 0.1) is 25.0 Å². The summed E-state index contributed by atoms with van der Waals surface area (Å²) in [6.07, 6.45) is -0.959. The van der Waals surface area contributed by atoms with Gasteiger partial charge in [0.2, 0.25) is 0 Å². The predicted octanol–water partition coefficient (Wildman–Crippen LogP) is 3.91. The maximum absolute atomic E-state index is 12.3. The van der Waals surface area contributed by atoms with Crippen LogP contribution in [0.4, 0.5) is 5.69 Å². The second-order valence-corrected chi connectivity index (χ2v) is 6.47. The molecule has 1 N–H and O–H groups in total. The van der Waals surface area contributed by atoms with Crippen LogP contribution >= 0.6 is 0 Å². The Morgan fingerprint density at radius 1 is 1.00 bits per heavy atom. The fourth-order valence-corrected chi connectivity index (χ4v) is 2.21. The van der Waals surface area contributed by atoms with E-state index in [1.54, 1.807) is 48.5 Å². The van der Waals surface area contributed by atoms with Gasteiger partial charge < -0.3 is 19.5 Å². The smallest absolute Gasteiger partial charge is 0.338 e. The lowest BCUT2D eigenvalue weighted by Crippen LogP contribution is -2.30. The number of hydrogen-bond donors (Lipinski definition) is 1. The van der Waals surface area contributed by atoms with Crippen molar-refractivity contribution in [1.82, 2.24) is 0 Å². The van der Waals surface area contributed by atoms with E-state index in [0.29, 0.717) is 35.3 Å². The minimum atomic E-state index is -0.959. The highest BCUT2D eigenvalue weighted by Crippen LogP contribution is 2.23. The monoisotopic (exact) mass is 371 g/mol. The van der Waals surface area contributed by atoms with Gasteiger partial charge in [0.1, 0.15) is 11.5 Å². The van der Waals surface area contributed by atoms with E-state index in [-0.39, 0.29) is 0 Å². The summed E-state index contributed by atoms with van der Waals surface area (Å²) in [5.41, 5.74) is 0.864. The number of methoxy groups -OCH3 is 1. The molecule has 2 rings (SSSR count). The van der Waals surface area contributed by atoms with Crippen molar-refractivity contribution in [1.29, 1.82) is 0 Å². The zero-order valence-corrected chi connectivity index (χ0v) is 16.0. The third-order valence-corrected chi connectivity index (χ3v) is 3.69. The molecule has 0 spiro atoms. The third-order valence-electron chi connectivity index (χ3n) is 3.69. The van der Waals surface area contributed by atoms with Crippen LogP contribution in [0.3, 0.4) is 0 Å². The summed E-state index contributed by atoms with van der Waals surface area (Å²) >= 11 is 0. The molecule has 144 valence electrons. The molecular formula is C21H25NO5. The van der Waals surface area contributed by atoms with Crippen LogP contribution in [0, 0.1) is 5.92 Å². The van der Waals surface area contributed by atoms with E-state index in [0.717, 1.165) is 0 Å². The minimum Gasteiger partial charge on any atom is -0.495 e. The molecule has 0 aliphatic heterocycles. The first-order valence-corrected chi connectivity index (χ1v) is 8.78. The van der Waals surface area contributed by atoms with Crippen LogP contribution in [0.1, 0.15) is 31.1 Å². The number of carbonyl (C=O) groups excluding carboxylic acids is 2. The molecule has 1 amide bonds. The van der Waals surface area contributed by atoms with Crippen LogP contribution in [0.2, 0.25) is 0 Å². The van der Waals surface area contributed by atoms with Gasteiger partial charge in [-0.3, -0.25) is 4.79 Å². The van der Waals surface area contributed by atoms with Crippen molar-refractivity contribution in [2.75, 3.05) is 19.0 Å². The number of amides is 1. The average molecular weight is 371 g/mol. The minimum absolute atomic E-state index is 0.351. The van der Waals surface area contributed by atoms with Crippen molar-refractivity contribution in [3.8, 4) is 11.5 Å². The number of esters is 1. The molecule has 0 radical (unpaired) electrons. The Balaban J connectivity index is 1.93. The zero-order chi connectivity index (χ0) is 19.8. The van der Waals surface area contributed by atoms with Gasteiger partial charge in [-0.1, -0.05) is 26.0 Å². The lowest BCUT2D eigenvalue weighted by molar-refractivity contribution is -0.123. The van der Waals surface area contributed by atoms with E-state index in [1.165, 1.54) is 14.0 Å². The maximum Gasteiger partial charge on any atom is 0.338 e. The number of carbonyl (C=O) groups is 2. The van der Waals surface area contributed by atoms with Gasteiger partial charge in [-0.05, 0) is 49.2 Å². The molecule has 0 fully saturated rings. The summed E-state index contributed by atoms with van der Waals surface area (Å²) < 4.78 is 16.0. The molecule has 0 saturated heterocycles. The summed E-state index contributed by atoms with van der Waals surface area (Å²) in [5.74, 6) is 0.610. The molecule has 27 heavy (non-hydrogen) atoms. The normalized spacial score (nSPS) is 11.6. The van der Waals surface area contributed by atoms with Gasteiger partial charge in [-0.25, -0.2) is 4.79 Å². The summed E-state index contributed by atoms with van der Waals surface area (Å²) in [7, 11) is 1.52. The van der Waals surface area contributed by atoms with Gasteiger partial charge in [0.25, 0.3) is 5.91 Å². The van der Waals surface area contributed by atoms with Gasteiger partial charge in [-0.15, -0.1) is 0 Å². The molecule has 0 heterocycles. The second kappa shape index (κ2) is 9.62. The van der Waals surface area contributed by atoms with Gasteiger partial charge >= 0.3 is 5.97 Å². The Hall–Kier alpha value is -3.02. The fourth-order valence-electron chi connectivity index (χ4n) is 2.21. The number of rotatable bonds is 8. The molecule has 6 heteroatoms. The lowest BCUT2D eigenvalue weighted by Gasteiger charge is -2.15. The van der Waals surface area contributed by atoms with Crippen LogP contribution in [0.25, 0.3) is 0 Å². The van der Waals surface area contributed by atoms with Crippen molar-refractivity contribution in [2.24, 2.45) is 5.92 Å². The van der Waals surface area contributed by atoms with Crippen LogP contribution < -0.4 is 14.8 Å². The molecule has 2 aromatic carbocycles. The summed E-state index contributed by atoms with van der Waals surface area (Å²) in [4.78, 5) is 24.5. The third kappa shape index (κ3) is 6.02. The number of anilines is 1. The van der Waals surface area contributed by atoms with Crippen molar-refractivity contribution >= 4 is 17.6 Å². The molecular weight excluding hydrogens is 346 g/mol. The van der Waals surface area contributed by atoms with Crippen LogP contribution in [0.15, 0.2) is 48.5 Å². The molecule has 6 nitrogen and oxygen atoms in total. The maximum atomic E-state index is 12.3. The predicted molar refractivity (Wildman–Crippen MR) is 103 cm³/mol. The Bertz CT molecular complexity index is 770. The van der Waals surface area contributed by atoms with E-state index in [4.69, 9.17) is 14.2 Å². The Kier molecular flexibility index (Phi) is 7.23. The zero-order valence-electron chi connectivity index (χ0n) is 16.0. The van der Waals surface area contributed by atoms with Crippen LogP contribution in [0.5, 0.6) is 11.5 Å². The SMILES string of the molecule is COc1ccccc1NC(=O)[C@@H](C)OC(=O)c1ccc(OCC(C)C)cc1. The van der Waals surface area contributed by atoms with E-state index in [2.05, 4.69) is 19.2 Å². The van der Waals surface area contributed by atoms with Crippen molar-refractivity contribution in [3.05, 3.63) is 54.1 Å². The van der Waals surface area contributed by atoms with Crippen LogP contribution in [-0.2, 0) is 9.53 Å². The highest BCUT2D eigenvalue weighted by atomic mass is 16.5. The number of benzene rings is 2. The highest BCUT2D eigenvalue weighted by molar-refractivity contribution is 5.98. The summed E-state index contributed by atoms with van der Waals surface area (Å²) in [5, 5.41) is 2.69. The quantitative estimate of drug-likeness (QED) is 0.712. The molecule has 0 aliphatic carbocycles. The first-order valence-electron chi connectivity index (χ1n) is 8.78. The molecule has 0 aliphatic rings. The Morgan fingerprint density at radius 3 is 2.30 bits per heavy atom. The molecule has 1 atom stereocenters. The highest BCUT2D eigenvalue weighted by Gasteiger charge is 2.20. The molecule has 2 aromatic rings. The fraction of sp³-hybridized carbons (Fsp3) is 0.333. The van der Waals surface area contributed by atoms with E-state index in [9.17, 15) is 9.59 Å². The second-order valence-electron chi connectivity index (χ2n) is 6.47. The van der Waals surface area contributed by atoms with Crippen molar-refractivity contribution in [3.63, 3.8) is 0 Å².